The second-order valence-electron chi connectivity index (χ2n) is 5.11. The van der Waals surface area contributed by atoms with Crippen LogP contribution in [0.4, 0.5) is 0 Å². The molecule has 21 heavy (non-hydrogen) atoms. The Labute approximate surface area is 126 Å². The predicted molar refractivity (Wildman–Crippen MR) is 83.5 cm³/mol. The number of aromatic nitrogens is 1. The van der Waals surface area contributed by atoms with Gasteiger partial charge < -0.3 is 14.5 Å². The molecule has 0 fully saturated rings. The molecule has 0 aliphatic heterocycles. The van der Waals surface area contributed by atoms with Crippen LogP contribution in [0.1, 0.15) is 42.3 Å². The van der Waals surface area contributed by atoms with Gasteiger partial charge in [-0.15, -0.1) is 0 Å². The Morgan fingerprint density at radius 1 is 1.24 bits per heavy atom. The van der Waals surface area contributed by atoms with E-state index in [0.717, 1.165) is 48.2 Å². The molecule has 2 aromatic rings. The number of pyridine rings is 1. The topological polar surface area (TPSA) is 47.3 Å². The molecule has 0 saturated heterocycles. The van der Waals surface area contributed by atoms with Crippen molar-refractivity contribution in [1.29, 1.82) is 0 Å². The Balaban J connectivity index is 2.03. The number of hydrogen-bond donors (Lipinski definition) is 1. The lowest BCUT2D eigenvalue weighted by Crippen LogP contribution is -2.11. The lowest BCUT2D eigenvalue weighted by Gasteiger charge is -2.09. The first kappa shape index (κ1) is 15.6. The molecule has 2 aromatic heterocycles. The summed E-state index contributed by atoms with van der Waals surface area (Å²) < 4.78 is 11.6. The molecule has 1 N–H and O–H groups in total. The second kappa shape index (κ2) is 7.27. The lowest BCUT2D eigenvalue weighted by molar-refractivity contribution is 0.264. The Kier molecular flexibility index (Phi) is 5.39. The van der Waals surface area contributed by atoms with E-state index < -0.39 is 0 Å². The molecule has 114 valence electrons. The lowest BCUT2D eigenvalue weighted by atomic mass is 10.2. The minimum atomic E-state index is 0.435. The summed E-state index contributed by atoms with van der Waals surface area (Å²) in [6, 6.07) is 6.01. The number of ether oxygens (including phenoxy) is 1. The van der Waals surface area contributed by atoms with E-state index in [2.05, 4.69) is 30.2 Å². The summed E-state index contributed by atoms with van der Waals surface area (Å²) >= 11 is 0. The number of furan rings is 1. The van der Waals surface area contributed by atoms with E-state index in [0.29, 0.717) is 6.61 Å². The van der Waals surface area contributed by atoms with Crippen LogP contribution in [0.3, 0.4) is 0 Å². The molecule has 0 unspecified atom stereocenters. The maximum atomic E-state index is 5.87. The summed E-state index contributed by atoms with van der Waals surface area (Å²) in [6.07, 6.45) is 0.861. The third kappa shape index (κ3) is 4.08. The molecule has 0 amide bonds. The van der Waals surface area contributed by atoms with Crippen molar-refractivity contribution in [1.82, 2.24) is 10.3 Å². The van der Waals surface area contributed by atoms with E-state index in [1.54, 1.807) is 0 Å². The van der Waals surface area contributed by atoms with Crippen molar-refractivity contribution >= 4 is 0 Å². The van der Waals surface area contributed by atoms with Crippen molar-refractivity contribution in [2.45, 2.75) is 47.3 Å². The Morgan fingerprint density at radius 2 is 2.05 bits per heavy atom. The Bertz CT molecular complexity index is 590. The van der Waals surface area contributed by atoms with Crippen LogP contribution in [0.2, 0.25) is 0 Å². The van der Waals surface area contributed by atoms with Crippen LogP contribution >= 0.6 is 0 Å². The maximum absolute atomic E-state index is 5.87. The fraction of sp³-hybridized carbons (Fsp3) is 0.471. The molecule has 0 aromatic carbocycles. The standard InChI is InChI=1S/C17H24N2O2/c1-5-16-17(8-7-12(3)19-16)20-11-15-9-14(10-18-6-2)13(4)21-15/h7-9,18H,5-6,10-11H2,1-4H3. The predicted octanol–water partition coefficient (Wildman–Crippen LogP) is 3.54. The van der Waals surface area contributed by atoms with Crippen LogP contribution in [0.5, 0.6) is 5.75 Å². The fourth-order valence-electron chi connectivity index (χ4n) is 2.23. The first-order chi connectivity index (χ1) is 10.1. The van der Waals surface area contributed by atoms with Gasteiger partial charge in [-0.3, -0.25) is 4.98 Å². The van der Waals surface area contributed by atoms with Gasteiger partial charge >= 0.3 is 0 Å². The second-order valence-corrected chi connectivity index (χ2v) is 5.11. The molecular formula is C17H24N2O2. The van der Waals surface area contributed by atoms with E-state index in [9.17, 15) is 0 Å². The van der Waals surface area contributed by atoms with Crippen molar-refractivity contribution in [2.75, 3.05) is 6.54 Å². The molecule has 0 saturated carbocycles. The number of hydrogen-bond acceptors (Lipinski definition) is 4. The van der Waals surface area contributed by atoms with Gasteiger partial charge in [0.25, 0.3) is 0 Å². The molecule has 4 heteroatoms. The third-order valence-electron chi connectivity index (χ3n) is 3.41. The molecule has 2 rings (SSSR count). The van der Waals surface area contributed by atoms with Gasteiger partial charge in [0, 0.05) is 17.8 Å². The molecule has 4 nitrogen and oxygen atoms in total. The monoisotopic (exact) mass is 288 g/mol. The van der Waals surface area contributed by atoms with Gasteiger partial charge in [-0.1, -0.05) is 13.8 Å². The zero-order valence-corrected chi connectivity index (χ0v) is 13.3. The summed E-state index contributed by atoms with van der Waals surface area (Å²) in [5.41, 5.74) is 3.19. The zero-order valence-electron chi connectivity index (χ0n) is 13.3. The highest BCUT2D eigenvalue weighted by molar-refractivity contribution is 5.29. The highest BCUT2D eigenvalue weighted by Crippen LogP contribution is 2.21. The van der Waals surface area contributed by atoms with Crippen LogP contribution in [-0.4, -0.2) is 11.5 Å². The third-order valence-corrected chi connectivity index (χ3v) is 3.41. The Hall–Kier alpha value is -1.81. The molecule has 0 spiro atoms. The van der Waals surface area contributed by atoms with E-state index in [1.165, 1.54) is 5.56 Å². The van der Waals surface area contributed by atoms with Crippen LogP contribution in [0, 0.1) is 13.8 Å². The van der Waals surface area contributed by atoms with Gasteiger partial charge in [-0.25, -0.2) is 0 Å². The minimum absolute atomic E-state index is 0.435. The van der Waals surface area contributed by atoms with E-state index in [-0.39, 0.29) is 0 Å². The average Bonchev–Trinajstić information content (AvgIpc) is 2.83. The van der Waals surface area contributed by atoms with E-state index in [1.807, 2.05) is 26.0 Å². The summed E-state index contributed by atoms with van der Waals surface area (Å²) in [7, 11) is 0. The summed E-state index contributed by atoms with van der Waals surface area (Å²) in [5, 5.41) is 3.31. The molecular weight excluding hydrogens is 264 g/mol. The van der Waals surface area contributed by atoms with Gasteiger partial charge in [-0.05, 0) is 45.0 Å². The van der Waals surface area contributed by atoms with Crippen molar-refractivity contribution in [2.24, 2.45) is 0 Å². The van der Waals surface area contributed by atoms with Gasteiger partial charge in [0.05, 0.1) is 5.69 Å². The van der Waals surface area contributed by atoms with Gasteiger partial charge in [0.1, 0.15) is 23.9 Å². The average molecular weight is 288 g/mol. The van der Waals surface area contributed by atoms with Crippen LogP contribution in [0.25, 0.3) is 0 Å². The van der Waals surface area contributed by atoms with Crippen LogP contribution in [-0.2, 0) is 19.6 Å². The normalized spacial score (nSPS) is 10.9. The van der Waals surface area contributed by atoms with E-state index >= 15 is 0 Å². The molecule has 0 atom stereocenters. The smallest absolute Gasteiger partial charge is 0.146 e. The zero-order chi connectivity index (χ0) is 15.2. The fourth-order valence-corrected chi connectivity index (χ4v) is 2.23. The molecule has 0 radical (unpaired) electrons. The number of aryl methyl sites for hydroxylation is 3. The molecule has 0 aliphatic carbocycles. The highest BCUT2D eigenvalue weighted by atomic mass is 16.5. The van der Waals surface area contributed by atoms with E-state index in [4.69, 9.17) is 9.15 Å². The van der Waals surface area contributed by atoms with Crippen LogP contribution < -0.4 is 10.1 Å². The van der Waals surface area contributed by atoms with Crippen LogP contribution in [0.15, 0.2) is 22.6 Å². The minimum Gasteiger partial charge on any atom is -0.484 e. The molecule has 0 aliphatic rings. The SMILES string of the molecule is CCNCc1cc(COc2ccc(C)nc2CC)oc1C. The quantitative estimate of drug-likeness (QED) is 0.846. The van der Waals surface area contributed by atoms with Crippen molar-refractivity contribution in [3.63, 3.8) is 0 Å². The number of rotatable bonds is 7. The number of nitrogens with zero attached hydrogens (tertiary/aromatic N) is 1. The van der Waals surface area contributed by atoms with Crippen molar-refractivity contribution < 1.29 is 9.15 Å². The van der Waals surface area contributed by atoms with Crippen molar-refractivity contribution in [3.05, 3.63) is 46.7 Å². The first-order valence-corrected chi connectivity index (χ1v) is 7.52. The Morgan fingerprint density at radius 3 is 2.76 bits per heavy atom. The molecule has 0 bridgehead atoms. The summed E-state index contributed by atoms with van der Waals surface area (Å²) in [5.74, 6) is 2.64. The van der Waals surface area contributed by atoms with Gasteiger partial charge in [-0.2, -0.15) is 0 Å². The first-order valence-electron chi connectivity index (χ1n) is 7.52. The molecule has 2 heterocycles. The maximum Gasteiger partial charge on any atom is 0.146 e. The van der Waals surface area contributed by atoms with Gasteiger partial charge in [0.15, 0.2) is 0 Å². The highest BCUT2D eigenvalue weighted by Gasteiger charge is 2.09. The summed E-state index contributed by atoms with van der Waals surface area (Å²) in [6.45, 7) is 10.4. The largest absolute Gasteiger partial charge is 0.484 e. The number of nitrogens with one attached hydrogen (secondary N) is 1. The van der Waals surface area contributed by atoms with Crippen molar-refractivity contribution in [3.8, 4) is 5.75 Å². The summed E-state index contributed by atoms with van der Waals surface area (Å²) in [4.78, 5) is 4.50. The van der Waals surface area contributed by atoms with Gasteiger partial charge in [0.2, 0.25) is 0 Å².